The maximum absolute atomic E-state index is 12.2. The first-order valence-electron chi connectivity index (χ1n) is 9.80. The number of nitrogens with zero attached hydrogens (tertiary/aromatic N) is 2. The number of nitrogens with two attached hydrogens (primary N) is 3. The molecule has 0 saturated carbocycles. The van der Waals surface area contributed by atoms with Crippen molar-refractivity contribution in [2.45, 2.75) is 6.42 Å². The van der Waals surface area contributed by atoms with Crippen molar-refractivity contribution in [3.8, 4) is 5.75 Å². The molecule has 0 unspecified atom stereocenters. The van der Waals surface area contributed by atoms with Crippen LogP contribution in [0.3, 0.4) is 0 Å². The molecular weight excluding hydrogens is 446 g/mol. The van der Waals surface area contributed by atoms with E-state index in [-0.39, 0.29) is 31.4 Å². The van der Waals surface area contributed by atoms with Gasteiger partial charge in [-0.3, -0.25) is 14.4 Å². The van der Waals surface area contributed by atoms with Crippen LogP contribution < -0.4 is 21.9 Å². The third kappa shape index (κ3) is 10.7. The number of carbonyl (C=O) groups is 4. The minimum Gasteiger partial charge on any atom is -0.480 e. The summed E-state index contributed by atoms with van der Waals surface area (Å²) in [6.07, 6.45) is 0.00118. The standard InChI is InChI=1S/C20H22N4O5.C2H5NO2/c1-24(2)17(25)12-28-18(26)11-13-3-9-16(10-4-13)29-19(27)14-5-7-15(8-6-14)23-20(21)22;3-1-2(4)5/h3-10H,11-12H2,1-2H3,(H4,21,22,23);1,3H2,(H,4,5). The van der Waals surface area contributed by atoms with Crippen molar-refractivity contribution in [1.29, 1.82) is 0 Å². The lowest BCUT2D eigenvalue weighted by molar-refractivity contribution is -0.150. The Morgan fingerprint density at radius 1 is 0.971 bits per heavy atom. The number of rotatable bonds is 8. The molecule has 12 nitrogen and oxygen atoms in total. The lowest BCUT2D eigenvalue weighted by atomic mass is 10.1. The van der Waals surface area contributed by atoms with Crippen LogP contribution in [0, 0.1) is 0 Å². The number of likely N-dealkylation sites (N-methyl/N-ethyl adjacent to an activating group) is 1. The fourth-order valence-electron chi connectivity index (χ4n) is 2.15. The number of guanidine groups is 1. The van der Waals surface area contributed by atoms with E-state index in [4.69, 9.17) is 26.0 Å². The topological polar surface area (TPSA) is 201 Å². The van der Waals surface area contributed by atoms with E-state index in [1.54, 1.807) is 62.6 Å². The molecule has 2 rings (SSSR count). The number of esters is 2. The van der Waals surface area contributed by atoms with Gasteiger partial charge in [0, 0.05) is 14.1 Å². The largest absolute Gasteiger partial charge is 0.480 e. The average Bonchev–Trinajstić information content (AvgIpc) is 2.79. The Kier molecular flexibility index (Phi) is 11.2. The molecule has 12 heteroatoms. The molecule has 0 heterocycles. The predicted molar refractivity (Wildman–Crippen MR) is 123 cm³/mol. The zero-order chi connectivity index (χ0) is 25.7. The lowest BCUT2D eigenvalue weighted by Gasteiger charge is -2.10. The Hall–Kier alpha value is -4.45. The number of carboxylic acids is 1. The van der Waals surface area contributed by atoms with E-state index < -0.39 is 17.9 Å². The van der Waals surface area contributed by atoms with Crippen LogP contribution in [-0.2, 0) is 25.5 Å². The van der Waals surface area contributed by atoms with Gasteiger partial charge in [-0.2, -0.15) is 0 Å². The molecule has 0 spiro atoms. The highest BCUT2D eigenvalue weighted by Gasteiger charge is 2.11. The number of aliphatic carboxylic acids is 1. The quantitative estimate of drug-likeness (QED) is 0.175. The van der Waals surface area contributed by atoms with Gasteiger partial charge in [0.1, 0.15) is 5.75 Å². The van der Waals surface area contributed by atoms with E-state index in [0.717, 1.165) is 0 Å². The van der Waals surface area contributed by atoms with Gasteiger partial charge in [-0.15, -0.1) is 0 Å². The minimum absolute atomic E-state index is 0.00118. The maximum Gasteiger partial charge on any atom is 0.343 e. The molecule has 7 N–H and O–H groups in total. The number of carboxylic acid groups (broad SMARTS) is 1. The monoisotopic (exact) mass is 473 g/mol. The Morgan fingerprint density at radius 3 is 2.00 bits per heavy atom. The number of amides is 1. The summed E-state index contributed by atoms with van der Waals surface area (Å²) in [7, 11) is 3.16. The minimum atomic E-state index is -0.968. The molecule has 0 aliphatic heterocycles. The van der Waals surface area contributed by atoms with Gasteiger partial charge in [0.05, 0.1) is 24.2 Å². The zero-order valence-corrected chi connectivity index (χ0v) is 18.8. The molecule has 0 atom stereocenters. The van der Waals surface area contributed by atoms with Gasteiger partial charge in [-0.05, 0) is 42.0 Å². The van der Waals surface area contributed by atoms with Crippen LogP contribution in [0.1, 0.15) is 15.9 Å². The van der Waals surface area contributed by atoms with E-state index >= 15 is 0 Å². The van der Waals surface area contributed by atoms with Crippen molar-refractivity contribution in [1.82, 2.24) is 4.90 Å². The summed E-state index contributed by atoms with van der Waals surface area (Å²) in [5.74, 6) is -2.09. The molecule has 0 aliphatic rings. The summed E-state index contributed by atoms with van der Waals surface area (Å²) < 4.78 is 10.2. The summed E-state index contributed by atoms with van der Waals surface area (Å²) in [5.41, 5.74) is 16.7. The Morgan fingerprint density at radius 2 is 1.53 bits per heavy atom. The average molecular weight is 473 g/mol. The maximum atomic E-state index is 12.2. The van der Waals surface area contributed by atoms with E-state index in [0.29, 0.717) is 22.6 Å². The van der Waals surface area contributed by atoms with Crippen molar-refractivity contribution in [3.05, 3.63) is 59.7 Å². The van der Waals surface area contributed by atoms with Gasteiger partial charge in [-0.25, -0.2) is 9.79 Å². The molecule has 2 aromatic carbocycles. The third-order valence-electron chi connectivity index (χ3n) is 3.87. The highest BCUT2D eigenvalue weighted by Crippen LogP contribution is 2.17. The fourth-order valence-corrected chi connectivity index (χ4v) is 2.15. The number of hydrogen-bond acceptors (Lipinski definition) is 8. The summed E-state index contributed by atoms with van der Waals surface area (Å²) in [6, 6.07) is 12.7. The van der Waals surface area contributed by atoms with Gasteiger partial charge >= 0.3 is 17.9 Å². The lowest BCUT2D eigenvalue weighted by Crippen LogP contribution is -2.27. The van der Waals surface area contributed by atoms with E-state index in [2.05, 4.69) is 10.7 Å². The van der Waals surface area contributed by atoms with Crippen LogP contribution in [0.5, 0.6) is 5.75 Å². The van der Waals surface area contributed by atoms with Gasteiger partial charge in [0.25, 0.3) is 5.91 Å². The smallest absolute Gasteiger partial charge is 0.343 e. The molecule has 0 aromatic heterocycles. The Balaban J connectivity index is 0.00000104. The summed E-state index contributed by atoms with van der Waals surface area (Å²) in [4.78, 5) is 49.8. The number of hydrogen-bond donors (Lipinski definition) is 4. The van der Waals surface area contributed by atoms with Crippen molar-refractivity contribution in [2.75, 3.05) is 27.2 Å². The Bertz CT molecular complexity index is 1010. The summed E-state index contributed by atoms with van der Waals surface area (Å²) in [6.45, 7) is -0.580. The van der Waals surface area contributed by atoms with Gasteiger partial charge in [0.2, 0.25) is 0 Å². The molecule has 0 aliphatic carbocycles. The fraction of sp³-hybridized carbons (Fsp3) is 0.227. The highest BCUT2D eigenvalue weighted by atomic mass is 16.5. The highest BCUT2D eigenvalue weighted by molar-refractivity contribution is 5.91. The number of ether oxygens (including phenoxy) is 2. The summed E-state index contributed by atoms with van der Waals surface area (Å²) in [5, 5.41) is 7.60. The zero-order valence-electron chi connectivity index (χ0n) is 18.8. The molecule has 0 saturated heterocycles. The van der Waals surface area contributed by atoms with Crippen LogP contribution in [0.2, 0.25) is 0 Å². The third-order valence-corrected chi connectivity index (χ3v) is 3.87. The predicted octanol–water partition coefficient (Wildman–Crippen LogP) is 0.0143. The summed E-state index contributed by atoms with van der Waals surface area (Å²) >= 11 is 0. The number of aliphatic imine (C=N–C) groups is 1. The van der Waals surface area contributed by atoms with Gasteiger partial charge in [-0.1, -0.05) is 12.1 Å². The second kappa shape index (κ2) is 13.9. The van der Waals surface area contributed by atoms with Crippen molar-refractivity contribution < 1.29 is 33.8 Å². The van der Waals surface area contributed by atoms with Crippen LogP contribution in [-0.4, -0.2) is 67.0 Å². The van der Waals surface area contributed by atoms with E-state index in [1.165, 1.54) is 4.90 Å². The van der Waals surface area contributed by atoms with Crippen LogP contribution in [0.15, 0.2) is 53.5 Å². The number of benzene rings is 2. The SMILES string of the molecule is CN(C)C(=O)COC(=O)Cc1ccc(OC(=O)c2ccc(N=C(N)N)cc2)cc1.NCC(=O)O. The van der Waals surface area contributed by atoms with Gasteiger partial charge in [0.15, 0.2) is 12.6 Å². The van der Waals surface area contributed by atoms with Crippen LogP contribution in [0.4, 0.5) is 5.69 Å². The number of carbonyl (C=O) groups excluding carboxylic acids is 3. The van der Waals surface area contributed by atoms with Crippen molar-refractivity contribution in [3.63, 3.8) is 0 Å². The second-order valence-corrected chi connectivity index (χ2v) is 6.84. The van der Waals surface area contributed by atoms with Crippen LogP contribution in [0.25, 0.3) is 0 Å². The van der Waals surface area contributed by atoms with E-state index in [9.17, 15) is 19.2 Å². The molecule has 2 aromatic rings. The molecule has 0 radical (unpaired) electrons. The molecular formula is C22H27N5O7. The first kappa shape index (κ1) is 27.6. The second-order valence-electron chi connectivity index (χ2n) is 6.84. The molecule has 182 valence electrons. The molecule has 0 fully saturated rings. The normalized spacial score (nSPS) is 9.62. The molecule has 34 heavy (non-hydrogen) atoms. The van der Waals surface area contributed by atoms with Crippen LogP contribution >= 0.6 is 0 Å². The van der Waals surface area contributed by atoms with Crippen molar-refractivity contribution in [2.24, 2.45) is 22.2 Å². The molecule has 0 bridgehead atoms. The molecule has 1 amide bonds. The first-order valence-corrected chi connectivity index (χ1v) is 9.80. The Labute approximate surface area is 195 Å². The first-order chi connectivity index (χ1) is 16.0. The van der Waals surface area contributed by atoms with Gasteiger partial charge < -0.3 is 36.7 Å². The van der Waals surface area contributed by atoms with E-state index in [1.807, 2.05) is 0 Å². The van der Waals surface area contributed by atoms with Crippen molar-refractivity contribution >= 4 is 35.5 Å².